The van der Waals surface area contributed by atoms with Crippen molar-refractivity contribution in [3.05, 3.63) is 35.9 Å². The second-order valence-corrected chi connectivity index (χ2v) is 4.84. The van der Waals surface area contributed by atoms with Gasteiger partial charge in [0.05, 0.1) is 6.54 Å². The predicted octanol–water partition coefficient (Wildman–Crippen LogP) is 2.26. The highest BCUT2D eigenvalue weighted by molar-refractivity contribution is 5.14. The maximum atomic E-state index is 3.51. The van der Waals surface area contributed by atoms with Crippen LogP contribution in [0.1, 0.15) is 25.3 Å². The van der Waals surface area contributed by atoms with Gasteiger partial charge in [-0.05, 0) is 38.4 Å². The molecular weight excluding hydrogens is 220 g/mol. The lowest BCUT2D eigenvalue weighted by atomic mass is 10.0. The van der Waals surface area contributed by atoms with E-state index in [1.54, 1.807) is 0 Å². The van der Waals surface area contributed by atoms with Crippen molar-refractivity contribution in [3.8, 4) is 11.8 Å². The van der Waals surface area contributed by atoms with Crippen LogP contribution < -0.4 is 5.32 Å². The van der Waals surface area contributed by atoms with E-state index in [-0.39, 0.29) is 0 Å². The Labute approximate surface area is 110 Å². The molecule has 2 rings (SSSR count). The largest absolute Gasteiger partial charge is 0.303 e. The second-order valence-electron chi connectivity index (χ2n) is 4.84. The van der Waals surface area contributed by atoms with E-state index in [0.717, 1.165) is 13.1 Å². The van der Waals surface area contributed by atoms with Gasteiger partial charge in [-0.2, -0.15) is 0 Å². The summed E-state index contributed by atoms with van der Waals surface area (Å²) >= 11 is 0. The average Bonchev–Trinajstić information content (AvgIpc) is 2.42. The van der Waals surface area contributed by atoms with Crippen molar-refractivity contribution in [1.82, 2.24) is 10.2 Å². The topological polar surface area (TPSA) is 15.3 Å². The number of piperidine rings is 1. The lowest BCUT2D eigenvalue weighted by Gasteiger charge is -2.32. The zero-order valence-corrected chi connectivity index (χ0v) is 11.2. The smallest absolute Gasteiger partial charge is 0.0578 e. The second kappa shape index (κ2) is 7.20. The zero-order chi connectivity index (χ0) is 12.6. The van der Waals surface area contributed by atoms with Crippen LogP contribution in [-0.2, 0) is 6.54 Å². The van der Waals surface area contributed by atoms with Crippen LogP contribution in [0.2, 0.25) is 0 Å². The van der Waals surface area contributed by atoms with Gasteiger partial charge in [-0.15, -0.1) is 5.92 Å². The molecule has 0 saturated carbocycles. The van der Waals surface area contributed by atoms with E-state index in [9.17, 15) is 0 Å². The maximum absolute atomic E-state index is 3.51. The van der Waals surface area contributed by atoms with Crippen LogP contribution in [0.4, 0.5) is 0 Å². The van der Waals surface area contributed by atoms with E-state index in [2.05, 4.69) is 52.4 Å². The van der Waals surface area contributed by atoms with Gasteiger partial charge in [-0.1, -0.05) is 36.3 Å². The Morgan fingerprint density at radius 3 is 2.61 bits per heavy atom. The Balaban J connectivity index is 1.71. The number of nitrogens with zero attached hydrogens (tertiary/aromatic N) is 1. The molecule has 1 saturated heterocycles. The van der Waals surface area contributed by atoms with Crippen molar-refractivity contribution >= 4 is 0 Å². The Hall–Kier alpha value is -1.30. The fourth-order valence-corrected chi connectivity index (χ4v) is 2.42. The normalized spacial score (nSPS) is 17.2. The third kappa shape index (κ3) is 4.18. The van der Waals surface area contributed by atoms with E-state index >= 15 is 0 Å². The molecule has 0 atom stereocenters. The molecule has 0 amide bonds. The highest BCUT2D eigenvalue weighted by Gasteiger charge is 2.18. The van der Waals surface area contributed by atoms with Crippen LogP contribution in [0.5, 0.6) is 0 Å². The summed E-state index contributed by atoms with van der Waals surface area (Å²) in [6.45, 7) is 6.19. The van der Waals surface area contributed by atoms with Crippen LogP contribution >= 0.6 is 0 Å². The molecule has 0 aromatic heterocycles. The molecule has 1 N–H and O–H groups in total. The molecule has 0 unspecified atom stereocenters. The molecule has 18 heavy (non-hydrogen) atoms. The lowest BCUT2D eigenvalue weighted by molar-refractivity contribution is 0.193. The molecule has 1 aliphatic rings. The molecular formula is C16H22N2. The molecule has 0 aliphatic carbocycles. The standard InChI is InChI=1S/C16H22N2/c1-2-3-11-17-16-9-12-18(13-10-16)14-15-7-5-4-6-8-15/h4-8,16-17H,9-14H2,1H3. The minimum Gasteiger partial charge on any atom is -0.303 e. The number of nitrogens with one attached hydrogen (secondary N) is 1. The van der Waals surface area contributed by atoms with Gasteiger partial charge in [-0.25, -0.2) is 0 Å². The molecule has 0 spiro atoms. The van der Waals surface area contributed by atoms with E-state index in [4.69, 9.17) is 0 Å². The average molecular weight is 242 g/mol. The van der Waals surface area contributed by atoms with Gasteiger partial charge in [0.2, 0.25) is 0 Å². The summed E-state index contributed by atoms with van der Waals surface area (Å²) in [6.07, 6.45) is 2.47. The minimum absolute atomic E-state index is 0.651. The molecule has 1 aromatic carbocycles. The van der Waals surface area contributed by atoms with Gasteiger partial charge in [0.15, 0.2) is 0 Å². The Bertz CT molecular complexity index is 394. The van der Waals surface area contributed by atoms with Gasteiger partial charge in [0.25, 0.3) is 0 Å². The molecule has 0 radical (unpaired) electrons. The van der Waals surface area contributed by atoms with E-state index in [1.807, 2.05) is 6.92 Å². The van der Waals surface area contributed by atoms with Crippen LogP contribution in [0.25, 0.3) is 0 Å². The van der Waals surface area contributed by atoms with Gasteiger partial charge in [0.1, 0.15) is 0 Å². The molecule has 1 aliphatic heterocycles. The predicted molar refractivity (Wildman–Crippen MR) is 76.2 cm³/mol. The van der Waals surface area contributed by atoms with Crippen molar-refractivity contribution < 1.29 is 0 Å². The molecule has 0 bridgehead atoms. The molecule has 2 nitrogen and oxygen atoms in total. The fraction of sp³-hybridized carbons (Fsp3) is 0.500. The highest BCUT2D eigenvalue weighted by Crippen LogP contribution is 2.13. The molecule has 1 heterocycles. The van der Waals surface area contributed by atoms with Crippen molar-refractivity contribution in [2.75, 3.05) is 19.6 Å². The van der Waals surface area contributed by atoms with E-state index in [1.165, 1.54) is 31.5 Å². The van der Waals surface area contributed by atoms with Gasteiger partial charge in [0, 0.05) is 12.6 Å². The number of hydrogen-bond donors (Lipinski definition) is 1. The monoisotopic (exact) mass is 242 g/mol. The van der Waals surface area contributed by atoms with Crippen molar-refractivity contribution in [2.45, 2.75) is 32.4 Å². The lowest BCUT2D eigenvalue weighted by Crippen LogP contribution is -2.42. The first-order chi connectivity index (χ1) is 8.88. The van der Waals surface area contributed by atoms with E-state index < -0.39 is 0 Å². The van der Waals surface area contributed by atoms with Gasteiger partial charge < -0.3 is 5.32 Å². The third-order valence-electron chi connectivity index (χ3n) is 3.49. The quantitative estimate of drug-likeness (QED) is 0.815. The summed E-state index contributed by atoms with van der Waals surface area (Å²) in [5.74, 6) is 6.00. The van der Waals surface area contributed by atoms with Gasteiger partial charge >= 0.3 is 0 Å². The van der Waals surface area contributed by atoms with Gasteiger partial charge in [-0.3, -0.25) is 4.90 Å². The summed E-state index contributed by atoms with van der Waals surface area (Å²) < 4.78 is 0. The summed E-state index contributed by atoms with van der Waals surface area (Å²) in [5, 5.41) is 3.51. The molecule has 2 heteroatoms. The van der Waals surface area contributed by atoms with Crippen molar-refractivity contribution in [1.29, 1.82) is 0 Å². The summed E-state index contributed by atoms with van der Waals surface area (Å²) in [6, 6.07) is 11.4. The molecule has 1 aromatic rings. The van der Waals surface area contributed by atoms with E-state index in [0.29, 0.717) is 6.04 Å². The number of likely N-dealkylation sites (tertiary alicyclic amines) is 1. The Kier molecular flexibility index (Phi) is 5.26. The SMILES string of the molecule is CC#CCNC1CCN(Cc2ccccc2)CC1. The summed E-state index contributed by atoms with van der Waals surface area (Å²) in [7, 11) is 0. The Morgan fingerprint density at radius 1 is 1.22 bits per heavy atom. The fourth-order valence-electron chi connectivity index (χ4n) is 2.42. The van der Waals surface area contributed by atoms with Crippen LogP contribution in [0.3, 0.4) is 0 Å². The minimum atomic E-state index is 0.651. The highest BCUT2D eigenvalue weighted by atomic mass is 15.1. The first-order valence-electron chi connectivity index (χ1n) is 6.78. The summed E-state index contributed by atoms with van der Waals surface area (Å²) in [4.78, 5) is 2.54. The Morgan fingerprint density at radius 2 is 1.94 bits per heavy atom. The third-order valence-corrected chi connectivity index (χ3v) is 3.49. The number of rotatable bonds is 4. The maximum Gasteiger partial charge on any atom is 0.0578 e. The first kappa shape index (κ1) is 13.1. The van der Waals surface area contributed by atoms with Crippen LogP contribution in [0.15, 0.2) is 30.3 Å². The first-order valence-corrected chi connectivity index (χ1v) is 6.78. The van der Waals surface area contributed by atoms with Crippen LogP contribution in [-0.4, -0.2) is 30.6 Å². The molecule has 1 fully saturated rings. The molecule has 96 valence electrons. The van der Waals surface area contributed by atoms with Crippen molar-refractivity contribution in [3.63, 3.8) is 0 Å². The van der Waals surface area contributed by atoms with Crippen LogP contribution in [0, 0.1) is 11.8 Å². The number of benzene rings is 1. The summed E-state index contributed by atoms with van der Waals surface area (Å²) in [5.41, 5.74) is 1.42. The van der Waals surface area contributed by atoms with Crippen molar-refractivity contribution in [2.24, 2.45) is 0 Å². The number of hydrogen-bond acceptors (Lipinski definition) is 2. The zero-order valence-electron chi connectivity index (χ0n) is 11.2.